The first-order chi connectivity index (χ1) is 48.2. The van der Waals surface area contributed by atoms with Crippen molar-refractivity contribution < 1.29 is 100 Å². The molecule has 100 heavy (non-hydrogen) atoms. The number of ketones is 1. The van der Waals surface area contributed by atoms with Crippen LogP contribution < -0.4 is 26.6 Å². The minimum Gasteiger partial charge on any atom is -0.481 e. The molecule has 0 aliphatic carbocycles. The molecule has 0 radical (unpaired) electrons. The summed E-state index contributed by atoms with van der Waals surface area (Å²) >= 11 is 0. The fourth-order valence-corrected chi connectivity index (χ4v) is 11.3. The van der Waals surface area contributed by atoms with Crippen LogP contribution in [0.15, 0.2) is 91.0 Å². The van der Waals surface area contributed by atoms with Gasteiger partial charge in [-0.25, -0.2) is 14.4 Å². The van der Waals surface area contributed by atoms with Crippen molar-refractivity contribution in [3.8, 4) is 0 Å². The van der Waals surface area contributed by atoms with Gasteiger partial charge in [-0.2, -0.15) is 0 Å². The number of carbonyl (C=O) groups is 10. The van der Waals surface area contributed by atoms with Crippen LogP contribution in [0.1, 0.15) is 175 Å². The Hall–Kier alpha value is -7.72. The van der Waals surface area contributed by atoms with Crippen molar-refractivity contribution in [3.63, 3.8) is 0 Å². The van der Waals surface area contributed by atoms with Gasteiger partial charge in [-0.15, -0.1) is 0 Å². The van der Waals surface area contributed by atoms with E-state index in [1.807, 2.05) is 40.7 Å². The number of amides is 5. The number of hydrogen-bond donors (Lipinski definition) is 6. The summed E-state index contributed by atoms with van der Waals surface area (Å²) in [5.41, 5.74) is -0.213. The van der Waals surface area contributed by atoms with Crippen LogP contribution in [0.3, 0.4) is 0 Å². The Balaban J connectivity index is 1.02. The number of unbranched alkanes of at least 4 members (excludes halogenated alkanes) is 1. The zero-order valence-corrected chi connectivity index (χ0v) is 59.1. The van der Waals surface area contributed by atoms with Gasteiger partial charge in [0, 0.05) is 89.4 Å². The molecule has 0 spiro atoms. The second-order valence-corrected chi connectivity index (χ2v) is 25.5. The smallest absolute Gasteiger partial charge is 0.338 e. The maximum Gasteiger partial charge on any atom is 0.338 e. The van der Waals surface area contributed by atoms with E-state index in [0.29, 0.717) is 68.3 Å². The van der Waals surface area contributed by atoms with Crippen LogP contribution >= 0.6 is 0 Å². The van der Waals surface area contributed by atoms with Crippen LogP contribution in [0.2, 0.25) is 0 Å². The van der Waals surface area contributed by atoms with Gasteiger partial charge in [0.1, 0.15) is 17.9 Å². The Morgan fingerprint density at radius 1 is 0.430 bits per heavy atom. The second kappa shape index (κ2) is 46.7. The first-order valence-electron chi connectivity index (χ1n) is 35.4. The SMILES string of the molecule is CCCNC(=O)CCOCC(COCCC(=O)NCCCCC(=O)CCCO[C@@H]1OC(CC)[C@@H](C)[C@H](C)C1OC(=O)c1ccccc1)(COCCC(=O)NCCCNC(=O)CCCO[C@@H]1OC(COC(=O)c2ccccc2)[C@@H](C)[C@H](C)C1OC(=O)c1ccccc1)NC(=O)CCCC(=O)O. The second-order valence-electron chi connectivity index (χ2n) is 25.5. The summed E-state index contributed by atoms with van der Waals surface area (Å²) < 4.78 is 60.3. The Morgan fingerprint density at radius 2 is 0.840 bits per heavy atom. The lowest BCUT2D eigenvalue weighted by Gasteiger charge is -2.43. The first kappa shape index (κ1) is 82.9. The largest absolute Gasteiger partial charge is 0.481 e. The summed E-state index contributed by atoms with van der Waals surface area (Å²) in [4.78, 5) is 128. The molecule has 0 aromatic heterocycles. The number of Topliss-reactive ketones (excluding diaryl/α,β-unsaturated/α-hetero) is 1. The van der Waals surface area contributed by atoms with Gasteiger partial charge in [0.25, 0.3) is 0 Å². The molecule has 26 heteroatoms. The number of hydrogen-bond acceptors (Lipinski definition) is 20. The lowest BCUT2D eigenvalue weighted by molar-refractivity contribution is -0.274. The molecule has 3 aromatic carbocycles. The van der Waals surface area contributed by atoms with E-state index in [2.05, 4.69) is 33.5 Å². The topological polar surface area (TPSA) is 343 Å². The van der Waals surface area contributed by atoms with Crippen LogP contribution in [0.25, 0.3) is 0 Å². The highest BCUT2D eigenvalue weighted by Gasteiger charge is 2.46. The van der Waals surface area contributed by atoms with E-state index in [4.69, 9.17) is 47.4 Å². The van der Waals surface area contributed by atoms with Gasteiger partial charge >= 0.3 is 23.9 Å². The molecule has 11 atom stereocenters. The Bertz CT molecular complexity index is 2960. The molecule has 26 nitrogen and oxygen atoms in total. The van der Waals surface area contributed by atoms with Crippen LogP contribution in [0, 0.1) is 23.7 Å². The molecule has 5 rings (SSSR count). The van der Waals surface area contributed by atoms with Crippen molar-refractivity contribution in [2.24, 2.45) is 23.7 Å². The fraction of sp³-hybridized carbons (Fsp3) is 0.622. The molecule has 2 saturated heterocycles. The van der Waals surface area contributed by atoms with E-state index in [1.165, 1.54) is 0 Å². The molecule has 2 fully saturated rings. The van der Waals surface area contributed by atoms with E-state index < -0.39 is 66.2 Å². The number of carboxylic acids is 1. The van der Waals surface area contributed by atoms with Gasteiger partial charge in [-0.1, -0.05) is 96.1 Å². The zero-order chi connectivity index (χ0) is 72.5. The lowest BCUT2D eigenvalue weighted by Crippen LogP contribution is -2.58. The molecule has 6 N–H and O–H groups in total. The molecule has 5 amide bonds. The number of rotatable bonds is 49. The summed E-state index contributed by atoms with van der Waals surface area (Å²) in [6.07, 6.45) is 0.0785. The highest BCUT2D eigenvalue weighted by Crippen LogP contribution is 2.36. The average molecular weight is 1400 g/mol. The predicted molar refractivity (Wildman–Crippen MR) is 367 cm³/mol. The quantitative estimate of drug-likeness (QED) is 0.0180. The van der Waals surface area contributed by atoms with Gasteiger partial charge in [0.2, 0.25) is 29.5 Å². The third kappa shape index (κ3) is 31.0. The van der Waals surface area contributed by atoms with Gasteiger partial charge in [0.05, 0.1) is 81.8 Å². The van der Waals surface area contributed by atoms with Crippen LogP contribution in [-0.2, 0) is 80.9 Å². The minimum absolute atomic E-state index is 0.0192. The number of esters is 3. The lowest BCUT2D eigenvalue weighted by atomic mass is 9.82. The van der Waals surface area contributed by atoms with E-state index in [9.17, 15) is 53.1 Å². The maximum absolute atomic E-state index is 13.4. The molecule has 2 heterocycles. The van der Waals surface area contributed by atoms with E-state index in [0.717, 1.165) is 12.8 Å². The number of ether oxygens (including phenoxy) is 10. The molecule has 2 aliphatic rings. The Labute approximate surface area is 587 Å². The summed E-state index contributed by atoms with van der Waals surface area (Å²) in [6, 6.07) is 25.9. The first-order valence-corrected chi connectivity index (χ1v) is 35.4. The van der Waals surface area contributed by atoms with Crippen molar-refractivity contribution in [2.45, 2.75) is 187 Å². The molecular weight excluding hydrogens is 1290 g/mol. The Morgan fingerprint density at radius 3 is 1.31 bits per heavy atom. The highest BCUT2D eigenvalue weighted by atomic mass is 16.7. The fourth-order valence-electron chi connectivity index (χ4n) is 11.3. The Kier molecular flexibility index (Phi) is 38.7. The normalized spacial score (nSPS) is 20.9. The number of carbonyl (C=O) groups excluding carboxylic acids is 9. The van der Waals surface area contributed by atoms with Gasteiger partial charge in [-0.05, 0) is 99.6 Å². The molecule has 2 aliphatic heterocycles. The number of carboxylic acid groups (broad SMARTS) is 1. The van der Waals surface area contributed by atoms with Gasteiger partial charge in [-0.3, -0.25) is 33.6 Å². The third-order valence-electron chi connectivity index (χ3n) is 17.6. The van der Waals surface area contributed by atoms with E-state index >= 15 is 0 Å². The summed E-state index contributed by atoms with van der Waals surface area (Å²) in [6.45, 7) is 12.6. The van der Waals surface area contributed by atoms with Crippen molar-refractivity contribution in [3.05, 3.63) is 108 Å². The number of aliphatic carboxylic acids is 1. The van der Waals surface area contributed by atoms with Crippen molar-refractivity contribution in [1.82, 2.24) is 26.6 Å². The number of nitrogens with one attached hydrogen (secondary N) is 5. The van der Waals surface area contributed by atoms with Crippen molar-refractivity contribution in [1.29, 1.82) is 0 Å². The molecule has 5 unspecified atom stereocenters. The summed E-state index contributed by atoms with van der Waals surface area (Å²) in [7, 11) is 0. The predicted octanol–water partition coefficient (Wildman–Crippen LogP) is 7.63. The minimum atomic E-state index is -1.40. The van der Waals surface area contributed by atoms with E-state index in [-0.39, 0.29) is 183 Å². The summed E-state index contributed by atoms with van der Waals surface area (Å²) in [5.74, 6) is -4.58. The van der Waals surface area contributed by atoms with E-state index in [1.54, 1.807) is 84.9 Å². The van der Waals surface area contributed by atoms with Crippen LogP contribution in [-0.4, -0.2) is 192 Å². The van der Waals surface area contributed by atoms with Crippen LogP contribution in [0.4, 0.5) is 0 Å². The molecule has 554 valence electrons. The summed E-state index contributed by atoms with van der Waals surface area (Å²) in [5, 5.41) is 23.4. The standard InChI is InChI=1S/C74H107N5O21/c1-7-38-75-62(82)35-44-91-48-74(79-65(85)32-20-34-66(86)87,49-92-45-36-63(83)76-39-19-18-30-58(80)31-21-42-94-72-67(53(5)51(3)59(8-2)97-72)99-70(89)56-26-14-10-15-27-56)50-93-46-37-64(84)78-41-23-40-77-61(81)33-22-43-95-73-68(100-71(90)57-28-16-11-17-29-57)54(6)52(4)60(98-73)47-96-69(88)55-24-12-9-13-25-55/h9-17,24-29,51-54,59-60,67-68,72-73H,7-8,18-23,30-50H2,1-6H3,(H,75,82)(H,76,83)(H,77,81)(H,78,84)(H,79,85)(H,86,87)/t51-,52-,53-,54-,59?,60?,67?,68?,72+,73+,74?/m0/s1. The van der Waals surface area contributed by atoms with Crippen LogP contribution in [0.5, 0.6) is 0 Å². The van der Waals surface area contributed by atoms with Crippen molar-refractivity contribution in [2.75, 3.05) is 85.6 Å². The number of benzene rings is 3. The molecule has 0 bridgehead atoms. The third-order valence-corrected chi connectivity index (χ3v) is 17.6. The van der Waals surface area contributed by atoms with Gasteiger partial charge < -0.3 is 79.1 Å². The monoisotopic (exact) mass is 1400 g/mol. The average Bonchev–Trinajstić information content (AvgIpc) is 0.810. The van der Waals surface area contributed by atoms with Crippen molar-refractivity contribution >= 4 is 59.2 Å². The maximum atomic E-state index is 13.4. The molecular formula is C74H107N5O21. The molecule has 0 saturated carbocycles. The molecule has 3 aromatic rings. The zero-order valence-electron chi connectivity index (χ0n) is 59.1. The highest BCUT2D eigenvalue weighted by molar-refractivity contribution is 5.90. The van der Waals surface area contributed by atoms with Gasteiger partial charge in [0.15, 0.2) is 24.8 Å².